The lowest BCUT2D eigenvalue weighted by Crippen LogP contribution is -2.46. The zero-order chi connectivity index (χ0) is 21.1. The molecule has 154 valence electrons. The maximum Gasteiger partial charge on any atom is 0.227 e. The summed E-state index contributed by atoms with van der Waals surface area (Å²) >= 11 is 0. The van der Waals surface area contributed by atoms with Crippen LogP contribution < -0.4 is 0 Å². The van der Waals surface area contributed by atoms with Gasteiger partial charge in [0.1, 0.15) is 11.6 Å². The highest BCUT2D eigenvalue weighted by atomic mass is 19.1. The summed E-state index contributed by atoms with van der Waals surface area (Å²) in [5, 5.41) is 0. The van der Waals surface area contributed by atoms with Crippen LogP contribution in [0.1, 0.15) is 42.0 Å². The molecule has 1 aliphatic heterocycles. The SMILES string of the molecule is C[C@@H](c1ccccc1)N1CC[C@@H](c2ccc(F)cc2)[C@H](Cc2ccc(F)cc2)C1=O. The number of likely N-dealkylation sites (tertiary alicyclic amines) is 1. The highest BCUT2D eigenvalue weighted by molar-refractivity contribution is 5.81. The standard InChI is InChI=1S/C26H25F2NO/c1-18(20-5-3-2-4-6-20)29-16-15-24(21-9-13-23(28)14-10-21)25(26(29)30)17-19-7-11-22(27)12-8-19/h2-14,18,24-25H,15-17H2,1H3/t18-,24-,25-/m0/s1. The molecule has 2 nitrogen and oxygen atoms in total. The molecule has 0 radical (unpaired) electrons. The first kappa shape index (κ1) is 20.3. The van der Waals surface area contributed by atoms with Crippen molar-refractivity contribution in [3.8, 4) is 0 Å². The lowest BCUT2D eigenvalue weighted by atomic mass is 9.76. The summed E-state index contributed by atoms with van der Waals surface area (Å²) in [5.41, 5.74) is 3.01. The van der Waals surface area contributed by atoms with Crippen molar-refractivity contribution in [2.75, 3.05) is 6.54 Å². The Morgan fingerprint density at radius 2 is 1.50 bits per heavy atom. The molecule has 1 aliphatic rings. The topological polar surface area (TPSA) is 20.3 Å². The van der Waals surface area contributed by atoms with Gasteiger partial charge in [-0.1, -0.05) is 54.6 Å². The lowest BCUT2D eigenvalue weighted by Gasteiger charge is -2.41. The van der Waals surface area contributed by atoms with Gasteiger partial charge < -0.3 is 4.90 Å². The Morgan fingerprint density at radius 1 is 0.900 bits per heavy atom. The van der Waals surface area contributed by atoms with Gasteiger partial charge in [-0.25, -0.2) is 8.78 Å². The minimum absolute atomic E-state index is 0.00220. The number of carbonyl (C=O) groups excluding carboxylic acids is 1. The Bertz CT molecular complexity index is 986. The number of carbonyl (C=O) groups is 1. The zero-order valence-corrected chi connectivity index (χ0v) is 17.0. The van der Waals surface area contributed by atoms with E-state index in [9.17, 15) is 13.6 Å². The summed E-state index contributed by atoms with van der Waals surface area (Å²) in [6, 6.07) is 22.8. The van der Waals surface area contributed by atoms with Crippen molar-refractivity contribution >= 4 is 5.91 Å². The number of nitrogens with zero attached hydrogens (tertiary/aromatic N) is 1. The molecule has 1 amide bonds. The molecule has 30 heavy (non-hydrogen) atoms. The predicted molar refractivity (Wildman–Crippen MR) is 114 cm³/mol. The van der Waals surface area contributed by atoms with Crippen LogP contribution in [-0.2, 0) is 11.2 Å². The smallest absolute Gasteiger partial charge is 0.227 e. The van der Waals surface area contributed by atoms with E-state index in [-0.39, 0.29) is 35.4 Å². The van der Waals surface area contributed by atoms with Crippen molar-refractivity contribution in [2.24, 2.45) is 5.92 Å². The maximum atomic E-state index is 13.6. The van der Waals surface area contributed by atoms with Crippen molar-refractivity contribution in [1.29, 1.82) is 0 Å². The molecule has 1 saturated heterocycles. The minimum atomic E-state index is -0.289. The molecule has 1 heterocycles. The average Bonchev–Trinajstić information content (AvgIpc) is 2.77. The number of hydrogen-bond donors (Lipinski definition) is 0. The van der Waals surface area contributed by atoms with E-state index in [4.69, 9.17) is 0 Å². The van der Waals surface area contributed by atoms with Crippen molar-refractivity contribution < 1.29 is 13.6 Å². The fourth-order valence-corrected chi connectivity index (χ4v) is 4.48. The minimum Gasteiger partial charge on any atom is -0.336 e. The van der Waals surface area contributed by atoms with Gasteiger partial charge in [0.05, 0.1) is 6.04 Å². The third kappa shape index (κ3) is 4.28. The van der Waals surface area contributed by atoms with E-state index in [0.717, 1.165) is 23.1 Å². The van der Waals surface area contributed by atoms with Crippen LogP contribution in [0, 0.1) is 17.6 Å². The van der Waals surface area contributed by atoms with Crippen LogP contribution in [0.4, 0.5) is 8.78 Å². The van der Waals surface area contributed by atoms with E-state index in [2.05, 4.69) is 6.92 Å². The number of rotatable bonds is 5. The Hall–Kier alpha value is -3.01. The number of halogens is 2. The third-order valence-electron chi connectivity index (χ3n) is 6.18. The normalized spacial score (nSPS) is 20.2. The molecule has 0 bridgehead atoms. The van der Waals surface area contributed by atoms with Crippen LogP contribution in [0.2, 0.25) is 0 Å². The van der Waals surface area contributed by atoms with Gasteiger partial charge >= 0.3 is 0 Å². The highest BCUT2D eigenvalue weighted by Crippen LogP contribution is 2.39. The van der Waals surface area contributed by atoms with Crippen molar-refractivity contribution in [3.05, 3.63) is 107 Å². The van der Waals surface area contributed by atoms with Gasteiger partial charge in [-0.2, -0.15) is 0 Å². The first-order valence-corrected chi connectivity index (χ1v) is 10.4. The van der Waals surface area contributed by atoms with E-state index >= 15 is 0 Å². The lowest BCUT2D eigenvalue weighted by molar-refractivity contribution is -0.142. The number of amides is 1. The number of benzene rings is 3. The monoisotopic (exact) mass is 405 g/mol. The van der Waals surface area contributed by atoms with Crippen LogP contribution in [0.3, 0.4) is 0 Å². The van der Waals surface area contributed by atoms with Crippen LogP contribution in [0.5, 0.6) is 0 Å². The van der Waals surface area contributed by atoms with Gasteiger partial charge in [0.25, 0.3) is 0 Å². The highest BCUT2D eigenvalue weighted by Gasteiger charge is 2.39. The van der Waals surface area contributed by atoms with Crippen molar-refractivity contribution in [1.82, 2.24) is 4.90 Å². The second-order valence-corrected chi connectivity index (χ2v) is 8.00. The van der Waals surface area contributed by atoms with Crippen LogP contribution in [0.15, 0.2) is 78.9 Å². The van der Waals surface area contributed by atoms with Gasteiger partial charge in [-0.05, 0) is 66.6 Å². The molecule has 4 heteroatoms. The maximum absolute atomic E-state index is 13.6. The second kappa shape index (κ2) is 8.78. The molecule has 0 N–H and O–H groups in total. The quantitative estimate of drug-likeness (QED) is 0.517. The fraction of sp³-hybridized carbons (Fsp3) is 0.269. The molecule has 0 aromatic heterocycles. The van der Waals surface area contributed by atoms with Gasteiger partial charge in [-0.15, -0.1) is 0 Å². The molecule has 4 rings (SSSR count). The van der Waals surface area contributed by atoms with Crippen LogP contribution in [0.25, 0.3) is 0 Å². The fourth-order valence-electron chi connectivity index (χ4n) is 4.48. The van der Waals surface area contributed by atoms with Gasteiger partial charge in [0, 0.05) is 12.5 Å². The average molecular weight is 405 g/mol. The van der Waals surface area contributed by atoms with Crippen molar-refractivity contribution in [2.45, 2.75) is 31.7 Å². The van der Waals surface area contributed by atoms with Gasteiger partial charge in [-0.3, -0.25) is 4.79 Å². The Labute approximate surface area is 176 Å². The predicted octanol–water partition coefficient (Wildman–Crippen LogP) is 5.90. The van der Waals surface area contributed by atoms with E-state index in [1.54, 1.807) is 24.3 Å². The van der Waals surface area contributed by atoms with E-state index in [0.29, 0.717) is 13.0 Å². The van der Waals surface area contributed by atoms with Crippen molar-refractivity contribution in [3.63, 3.8) is 0 Å². The summed E-state index contributed by atoms with van der Waals surface area (Å²) in [6.07, 6.45) is 1.33. The third-order valence-corrected chi connectivity index (χ3v) is 6.18. The molecule has 3 aromatic rings. The molecule has 1 fully saturated rings. The molecular formula is C26H25F2NO. The Kier molecular flexibility index (Phi) is 5.93. The molecule has 0 aliphatic carbocycles. The molecule has 3 atom stereocenters. The first-order valence-electron chi connectivity index (χ1n) is 10.4. The summed E-state index contributed by atoms with van der Waals surface area (Å²) in [7, 11) is 0. The largest absolute Gasteiger partial charge is 0.336 e. The second-order valence-electron chi connectivity index (χ2n) is 8.00. The number of hydrogen-bond acceptors (Lipinski definition) is 1. The molecular weight excluding hydrogens is 380 g/mol. The summed E-state index contributed by atoms with van der Waals surface area (Å²) in [6.45, 7) is 2.71. The first-order chi connectivity index (χ1) is 14.5. The van der Waals surface area contributed by atoms with Gasteiger partial charge in [0.15, 0.2) is 0 Å². The summed E-state index contributed by atoms with van der Waals surface area (Å²) in [5.74, 6) is -0.752. The van der Waals surface area contributed by atoms with Crippen LogP contribution >= 0.6 is 0 Å². The summed E-state index contributed by atoms with van der Waals surface area (Å²) in [4.78, 5) is 15.6. The molecule has 0 unspecified atom stereocenters. The van der Waals surface area contributed by atoms with E-state index in [1.807, 2.05) is 35.2 Å². The molecule has 3 aromatic carbocycles. The number of piperidine rings is 1. The Morgan fingerprint density at radius 3 is 2.13 bits per heavy atom. The Balaban J connectivity index is 1.64. The zero-order valence-electron chi connectivity index (χ0n) is 17.0. The van der Waals surface area contributed by atoms with Gasteiger partial charge in [0.2, 0.25) is 5.91 Å². The van der Waals surface area contributed by atoms with Crippen LogP contribution in [-0.4, -0.2) is 17.4 Å². The molecule has 0 saturated carbocycles. The summed E-state index contributed by atoms with van der Waals surface area (Å²) < 4.78 is 26.8. The van der Waals surface area contributed by atoms with E-state index in [1.165, 1.54) is 24.3 Å². The molecule has 0 spiro atoms. The van der Waals surface area contributed by atoms with E-state index < -0.39 is 0 Å².